The van der Waals surface area contributed by atoms with Gasteiger partial charge in [-0.3, -0.25) is 9.69 Å². The third-order valence-electron chi connectivity index (χ3n) is 5.31. The van der Waals surface area contributed by atoms with Crippen LogP contribution in [-0.4, -0.2) is 33.6 Å². The van der Waals surface area contributed by atoms with E-state index in [1.165, 1.54) is 0 Å². The normalized spacial score (nSPS) is 20.2. The number of ether oxygens (including phenoxy) is 1. The Balaban J connectivity index is 1.36. The topological polar surface area (TPSA) is 97.6 Å². The second kappa shape index (κ2) is 7.14. The van der Waals surface area contributed by atoms with E-state index in [1.54, 1.807) is 18.2 Å². The summed E-state index contributed by atoms with van der Waals surface area (Å²) in [4.78, 5) is 31.4. The summed E-state index contributed by atoms with van der Waals surface area (Å²) >= 11 is 6.01. The van der Waals surface area contributed by atoms with Gasteiger partial charge in [0.15, 0.2) is 11.4 Å². The molecule has 1 aromatic heterocycles. The monoisotopic (exact) mass is 424 g/mol. The van der Waals surface area contributed by atoms with Crippen LogP contribution >= 0.6 is 11.6 Å². The average Bonchev–Trinajstić information content (AvgIpc) is 3.27. The van der Waals surface area contributed by atoms with Gasteiger partial charge in [0.1, 0.15) is 12.3 Å². The van der Waals surface area contributed by atoms with E-state index in [4.69, 9.17) is 20.9 Å². The quantitative estimate of drug-likeness (QED) is 0.646. The highest BCUT2D eigenvalue weighted by Gasteiger charge is 2.55. The number of hydrogen-bond acceptors (Lipinski definition) is 6. The molecule has 1 spiro atoms. The molecule has 1 saturated heterocycles. The minimum atomic E-state index is -1.13. The van der Waals surface area contributed by atoms with Crippen molar-refractivity contribution in [3.8, 4) is 5.75 Å². The van der Waals surface area contributed by atoms with Crippen LogP contribution < -0.4 is 10.1 Å². The Labute approximate surface area is 176 Å². The van der Waals surface area contributed by atoms with Crippen LogP contribution in [0.4, 0.5) is 4.79 Å². The van der Waals surface area contributed by atoms with Gasteiger partial charge in [0.25, 0.3) is 5.91 Å². The number of carbonyl (C=O) groups excluding carboxylic acids is 2. The fourth-order valence-corrected chi connectivity index (χ4v) is 4.12. The Hall–Kier alpha value is -3.39. The number of urea groups is 1. The highest BCUT2D eigenvalue weighted by molar-refractivity contribution is 6.30. The van der Waals surface area contributed by atoms with Crippen LogP contribution in [0.1, 0.15) is 29.3 Å². The van der Waals surface area contributed by atoms with Crippen molar-refractivity contribution < 1.29 is 18.8 Å². The Bertz CT molecular complexity index is 1150. The molecule has 0 saturated carbocycles. The average molecular weight is 425 g/mol. The maximum atomic E-state index is 13.3. The number of halogens is 1. The van der Waals surface area contributed by atoms with Gasteiger partial charge in [-0.2, -0.15) is 4.98 Å². The standard InChI is InChI=1S/C21H17ClN4O4/c22-14-5-3-4-13(10-14)11-17-23-18(30-25-17)12-26-19(27)21(24-20(26)28)8-9-29-16-7-2-1-6-15(16)21/h1-7,10H,8-9,11-12H2,(H,24,28). The van der Waals surface area contributed by atoms with Crippen LogP contribution in [0, 0.1) is 0 Å². The summed E-state index contributed by atoms with van der Waals surface area (Å²) in [6.45, 7) is 0.235. The first kappa shape index (κ1) is 18.6. The second-order valence-corrected chi connectivity index (χ2v) is 7.67. The Morgan fingerprint density at radius 2 is 2.03 bits per heavy atom. The number of amides is 3. The molecule has 2 aliphatic heterocycles. The summed E-state index contributed by atoms with van der Waals surface area (Å²) in [5.41, 5.74) is 0.460. The molecule has 1 fully saturated rings. The third-order valence-corrected chi connectivity index (χ3v) is 5.55. The highest BCUT2D eigenvalue weighted by atomic mass is 35.5. The lowest BCUT2D eigenvalue weighted by molar-refractivity contribution is -0.133. The number of carbonyl (C=O) groups is 2. The first-order chi connectivity index (χ1) is 14.5. The van der Waals surface area contributed by atoms with Crippen molar-refractivity contribution in [3.05, 3.63) is 76.4 Å². The number of fused-ring (bicyclic) bond motifs is 2. The van der Waals surface area contributed by atoms with Crippen molar-refractivity contribution >= 4 is 23.5 Å². The van der Waals surface area contributed by atoms with Crippen molar-refractivity contribution in [1.82, 2.24) is 20.4 Å². The van der Waals surface area contributed by atoms with Crippen LogP contribution in [0.25, 0.3) is 0 Å². The van der Waals surface area contributed by atoms with E-state index in [9.17, 15) is 9.59 Å². The fraction of sp³-hybridized carbons (Fsp3) is 0.238. The van der Waals surface area contributed by atoms with E-state index in [-0.39, 0.29) is 18.3 Å². The maximum Gasteiger partial charge on any atom is 0.325 e. The van der Waals surface area contributed by atoms with Crippen molar-refractivity contribution in [2.24, 2.45) is 0 Å². The number of nitrogens with one attached hydrogen (secondary N) is 1. The molecule has 3 amide bonds. The molecule has 0 aliphatic carbocycles. The Kier molecular flexibility index (Phi) is 4.43. The van der Waals surface area contributed by atoms with Gasteiger partial charge in [0, 0.05) is 23.4 Å². The van der Waals surface area contributed by atoms with Gasteiger partial charge in [-0.1, -0.05) is 47.1 Å². The van der Waals surface area contributed by atoms with Gasteiger partial charge in [-0.25, -0.2) is 4.79 Å². The summed E-state index contributed by atoms with van der Waals surface area (Å²) in [5, 5.41) is 7.43. The molecule has 1 unspecified atom stereocenters. The van der Waals surface area contributed by atoms with Crippen LogP contribution in [-0.2, 0) is 23.3 Å². The van der Waals surface area contributed by atoms with Gasteiger partial charge in [0.2, 0.25) is 5.89 Å². The van der Waals surface area contributed by atoms with Crippen LogP contribution in [0.5, 0.6) is 5.75 Å². The molecule has 0 radical (unpaired) electrons. The zero-order valence-electron chi connectivity index (χ0n) is 15.8. The van der Waals surface area contributed by atoms with E-state index in [2.05, 4.69) is 15.5 Å². The molecule has 1 atom stereocenters. The first-order valence-electron chi connectivity index (χ1n) is 9.47. The molecule has 1 N–H and O–H groups in total. The Morgan fingerprint density at radius 1 is 1.17 bits per heavy atom. The minimum Gasteiger partial charge on any atom is -0.493 e. The van der Waals surface area contributed by atoms with Crippen molar-refractivity contribution in [2.75, 3.05) is 6.61 Å². The molecule has 3 heterocycles. The van der Waals surface area contributed by atoms with Crippen LogP contribution in [0.15, 0.2) is 53.1 Å². The Morgan fingerprint density at radius 3 is 2.90 bits per heavy atom. The molecule has 152 valence electrons. The smallest absolute Gasteiger partial charge is 0.325 e. The summed E-state index contributed by atoms with van der Waals surface area (Å²) in [5.74, 6) is 0.886. The van der Waals surface area contributed by atoms with E-state index in [0.717, 1.165) is 10.5 Å². The largest absolute Gasteiger partial charge is 0.493 e. The lowest BCUT2D eigenvalue weighted by atomic mass is 9.84. The number of hydrogen-bond donors (Lipinski definition) is 1. The molecule has 5 rings (SSSR count). The number of rotatable bonds is 4. The van der Waals surface area contributed by atoms with Crippen molar-refractivity contribution in [2.45, 2.75) is 24.9 Å². The molecule has 2 aromatic carbocycles. The van der Waals surface area contributed by atoms with Gasteiger partial charge < -0.3 is 14.6 Å². The summed E-state index contributed by atoms with van der Waals surface area (Å²) in [7, 11) is 0. The number of nitrogens with zero attached hydrogens (tertiary/aromatic N) is 3. The molecule has 30 heavy (non-hydrogen) atoms. The minimum absolute atomic E-state index is 0.0992. The lowest BCUT2D eigenvalue weighted by Gasteiger charge is -2.33. The van der Waals surface area contributed by atoms with Crippen LogP contribution in [0.3, 0.4) is 0 Å². The van der Waals surface area contributed by atoms with E-state index in [1.807, 2.05) is 30.3 Å². The molecule has 9 heteroatoms. The SMILES string of the molecule is O=C1NC2(CCOc3ccccc32)C(=O)N1Cc1nc(Cc2cccc(Cl)c2)no1. The van der Waals surface area contributed by atoms with Crippen LogP contribution in [0.2, 0.25) is 5.02 Å². The van der Waals surface area contributed by atoms with E-state index >= 15 is 0 Å². The summed E-state index contributed by atoms with van der Waals surface area (Å²) in [6.07, 6.45) is 0.786. The summed E-state index contributed by atoms with van der Waals surface area (Å²) in [6, 6.07) is 14.1. The predicted octanol–water partition coefficient (Wildman–Crippen LogP) is 3.04. The zero-order valence-corrected chi connectivity index (χ0v) is 16.6. The predicted molar refractivity (Wildman–Crippen MR) is 106 cm³/mol. The zero-order chi connectivity index (χ0) is 20.7. The maximum absolute atomic E-state index is 13.3. The number of para-hydroxylation sites is 1. The summed E-state index contributed by atoms with van der Waals surface area (Å²) < 4.78 is 10.9. The third kappa shape index (κ3) is 3.09. The van der Waals surface area contributed by atoms with E-state index < -0.39 is 11.6 Å². The molecule has 8 nitrogen and oxygen atoms in total. The highest BCUT2D eigenvalue weighted by Crippen LogP contribution is 2.41. The number of aromatic nitrogens is 2. The van der Waals surface area contributed by atoms with Gasteiger partial charge in [-0.05, 0) is 23.8 Å². The van der Waals surface area contributed by atoms with Gasteiger partial charge in [0.05, 0.1) is 6.61 Å². The van der Waals surface area contributed by atoms with E-state index in [0.29, 0.717) is 41.6 Å². The lowest BCUT2D eigenvalue weighted by Crippen LogP contribution is -2.47. The number of benzene rings is 2. The first-order valence-corrected chi connectivity index (χ1v) is 9.85. The molecular formula is C21H17ClN4O4. The van der Waals surface area contributed by atoms with Crippen molar-refractivity contribution in [1.29, 1.82) is 0 Å². The molecule has 2 aliphatic rings. The number of imide groups is 1. The molecule has 3 aromatic rings. The fourth-order valence-electron chi connectivity index (χ4n) is 3.91. The molecule has 0 bridgehead atoms. The van der Waals surface area contributed by atoms with Crippen molar-refractivity contribution in [3.63, 3.8) is 0 Å². The van der Waals surface area contributed by atoms with Gasteiger partial charge >= 0.3 is 6.03 Å². The second-order valence-electron chi connectivity index (χ2n) is 7.23. The van der Waals surface area contributed by atoms with Gasteiger partial charge in [-0.15, -0.1) is 0 Å². The molecular weight excluding hydrogens is 408 g/mol.